The first-order valence-corrected chi connectivity index (χ1v) is 12.7. The summed E-state index contributed by atoms with van der Waals surface area (Å²) in [5.74, 6) is 0.841. The predicted molar refractivity (Wildman–Crippen MR) is 136 cm³/mol. The van der Waals surface area contributed by atoms with Crippen LogP contribution < -0.4 is 19.1 Å². The Balaban J connectivity index is 1.58. The van der Waals surface area contributed by atoms with Crippen LogP contribution in [0.15, 0.2) is 71.6 Å². The van der Waals surface area contributed by atoms with Crippen LogP contribution in [0.25, 0.3) is 10.1 Å². The molecule has 1 amide bonds. The molecule has 1 N–H and O–H groups in total. The summed E-state index contributed by atoms with van der Waals surface area (Å²) in [6, 6.07) is 18.3. The Hall–Kier alpha value is -3.27. The molecule has 0 aliphatic rings. The summed E-state index contributed by atoms with van der Waals surface area (Å²) in [6.07, 6.45) is 0. The molecular weight excluding hydrogens is 496 g/mol. The number of benzene rings is 3. The summed E-state index contributed by atoms with van der Waals surface area (Å²) in [6.45, 7) is 0. The molecule has 0 fully saturated rings. The molecule has 0 saturated heterocycles. The van der Waals surface area contributed by atoms with Crippen LogP contribution in [-0.4, -0.2) is 35.6 Å². The topological polar surface area (TPSA) is 84.9 Å². The minimum atomic E-state index is -3.86. The van der Waals surface area contributed by atoms with Crippen molar-refractivity contribution in [3.63, 3.8) is 0 Å². The summed E-state index contributed by atoms with van der Waals surface area (Å²) in [4.78, 5) is 13.3. The molecule has 0 atom stereocenters. The number of amides is 1. The first-order valence-electron chi connectivity index (χ1n) is 10.0. The lowest BCUT2D eigenvalue weighted by Gasteiger charge is -2.20. The maximum absolute atomic E-state index is 13.1. The van der Waals surface area contributed by atoms with E-state index < -0.39 is 10.0 Å². The molecule has 3 aromatic carbocycles. The van der Waals surface area contributed by atoms with Gasteiger partial charge in [-0.15, -0.1) is 11.3 Å². The zero-order valence-electron chi connectivity index (χ0n) is 18.5. The van der Waals surface area contributed by atoms with E-state index in [0.717, 1.165) is 10.1 Å². The molecule has 0 radical (unpaired) electrons. The van der Waals surface area contributed by atoms with Crippen LogP contribution in [0.5, 0.6) is 11.5 Å². The molecule has 176 valence electrons. The lowest BCUT2D eigenvalue weighted by atomic mass is 10.2. The first kappa shape index (κ1) is 23.9. The fourth-order valence-corrected chi connectivity index (χ4v) is 5.78. The summed E-state index contributed by atoms with van der Waals surface area (Å²) >= 11 is 7.45. The third-order valence-electron chi connectivity index (χ3n) is 5.22. The third-order valence-corrected chi connectivity index (χ3v) is 8.41. The van der Waals surface area contributed by atoms with Gasteiger partial charge in [0, 0.05) is 17.4 Å². The van der Waals surface area contributed by atoms with Crippen molar-refractivity contribution in [2.45, 2.75) is 4.90 Å². The van der Waals surface area contributed by atoms with Gasteiger partial charge in [0.2, 0.25) is 0 Å². The highest BCUT2D eigenvalue weighted by atomic mass is 35.5. The monoisotopic (exact) mass is 516 g/mol. The van der Waals surface area contributed by atoms with E-state index in [1.54, 1.807) is 55.6 Å². The second-order valence-corrected chi connectivity index (χ2v) is 10.7. The smallest absolute Gasteiger partial charge is 0.265 e. The highest BCUT2D eigenvalue weighted by Gasteiger charge is 2.23. The van der Waals surface area contributed by atoms with Crippen molar-refractivity contribution in [2.75, 3.05) is 30.9 Å². The number of halogens is 1. The minimum absolute atomic E-state index is 0.0470. The molecule has 4 aromatic rings. The second kappa shape index (κ2) is 9.54. The van der Waals surface area contributed by atoms with Crippen molar-refractivity contribution in [3.05, 3.63) is 76.6 Å². The van der Waals surface area contributed by atoms with Crippen LogP contribution >= 0.6 is 22.9 Å². The van der Waals surface area contributed by atoms with E-state index in [9.17, 15) is 13.2 Å². The molecule has 10 heteroatoms. The van der Waals surface area contributed by atoms with E-state index in [1.807, 2.05) is 0 Å². The quantitative estimate of drug-likeness (QED) is 0.343. The van der Waals surface area contributed by atoms with Crippen LogP contribution in [-0.2, 0) is 10.0 Å². The first-order chi connectivity index (χ1) is 16.2. The van der Waals surface area contributed by atoms with Gasteiger partial charge in [0.25, 0.3) is 15.9 Å². The molecule has 0 aliphatic carbocycles. The zero-order valence-corrected chi connectivity index (χ0v) is 20.9. The average Bonchev–Trinajstić information content (AvgIpc) is 3.27. The maximum atomic E-state index is 13.1. The fourth-order valence-electron chi connectivity index (χ4n) is 3.31. The van der Waals surface area contributed by atoms with E-state index in [0.29, 0.717) is 27.8 Å². The fraction of sp³-hybridized carbons (Fsp3) is 0.125. The Bertz CT molecular complexity index is 1470. The van der Waals surface area contributed by atoms with Gasteiger partial charge in [0.15, 0.2) is 0 Å². The Morgan fingerprint density at radius 2 is 1.71 bits per heavy atom. The van der Waals surface area contributed by atoms with Crippen LogP contribution in [0.4, 0.5) is 11.4 Å². The van der Waals surface area contributed by atoms with Crippen molar-refractivity contribution in [3.8, 4) is 11.5 Å². The van der Waals surface area contributed by atoms with Gasteiger partial charge >= 0.3 is 0 Å². The Morgan fingerprint density at radius 1 is 0.971 bits per heavy atom. The molecule has 7 nitrogen and oxygen atoms in total. The van der Waals surface area contributed by atoms with Gasteiger partial charge in [0.05, 0.1) is 34.7 Å². The number of anilines is 2. The molecule has 0 spiro atoms. The SMILES string of the molecule is COc1ccc(NC(=O)c2cc3cc(N(C)S(=O)(=O)c4ccc(OC)c(Cl)c4)ccc3s2)cc1. The molecule has 0 bridgehead atoms. The normalized spacial score (nSPS) is 11.3. The average molecular weight is 517 g/mol. The number of ether oxygens (including phenoxy) is 2. The second-order valence-electron chi connectivity index (χ2n) is 7.28. The number of fused-ring (bicyclic) bond motifs is 1. The van der Waals surface area contributed by atoms with Crippen LogP contribution in [0, 0.1) is 0 Å². The van der Waals surface area contributed by atoms with Gasteiger partial charge in [-0.2, -0.15) is 0 Å². The number of nitrogens with one attached hydrogen (secondary N) is 1. The highest BCUT2D eigenvalue weighted by Crippen LogP contribution is 2.33. The summed E-state index contributed by atoms with van der Waals surface area (Å²) in [7, 11) is 0.652. The Kier molecular flexibility index (Phi) is 6.70. The molecule has 1 aromatic heterocycles. The van der Waals surface area contributed by atoms with Crippen molar-refractivity contribution in [2.24, 2.45) is 0 Å². The zero-order chi connectivity index (χ0) is 24.5. The maximum Gasteiger partial charge on any atom is 0.265 e. The van der Waals surface area contributed by atoms with E-state index in [1.165, 1.54) is 48.0 Å². The van der Waals surface area contributed by atoms with Gasteiger partial charge in [-0.1, -0.05) is 11.6 Å². The number of methoxy groups -OCH3 is 2. The standard InChI is InChI=1S/C24H21ClN2O5S2/c1-27(34(29,30)19-9-10-21(32-3)20(25)14-19)17-6-11-22-15(12-17)13-23(33-22)24(28)26-16-4-7-18(31-2)8-5-16/h4-14H,1-3H3,(H,26,28). The number of hydrogen-bond acceptors (Lipinski definition) is 6. The minimum Gasteiger partial charge on any atom is -0.497 e. The summed E-state index contributed by atoms with van der Waals surface area (Å²) < 4.78 is 38.5. The molecule has 1 heterocycles. The number of rotatable bonds is 7. The van der Waals surface area contributed by atoms with E-state index >= 15 is 0 Å². The molecule has 34 heavy (non-hydrogen) atoms. The molecule has 0 aliphatic heterocycles. The van der Waals surface area contributed by atoms with Gasteiger partial charge in [-0.25, -0.2) is 8.42 Å². The molecule has 0 saturated carbocycles. The lowest BCUT2D eigenvalue weighted by molar-refractivity contribution is 0.103. The van der Waals surface area contributed by atoms with Gasteiger partial charge in [-0.3, -0.25) is 9.10 Å². The van der Waals surface area contributed by atoms with Gasteiger partial charge in [0.1, 0.15) is 11.5 Å². The number of hydrogen-bond donors (Lipinski definition) is 1. The predicted octanol–water partition coefficient (Wildman–Crippen LogP) is 5.65. The van der Waals surface area contributed by atoms with Crippen LogP contribution in [0.3, 0.4) is 0 Å². The third kappa shape index (κ3) is 4.68. The number of thiophene rings is 1. The number of sulfonamides is 1. The number of nitrogens with zero attached hydrogens (tertiary/aromatic N) is 1. The van der Waals surface area contributed by atoms with Crippen molar-refractivity contribution in [1.29, 1.82) is 0 Å². The number of carbonyl (C=O) groups is 1. The Morgan fingerprint density at radius 3 is 2.35 bits per heavy atom. The van der Waals surface area contributed by atoms with E-state index in [2.05, 4.69) is 5.32 Å². The lowest BCUT2D eigenvalue weighted by Crippen LogP contribution is -2.26. The highest BCUT2D eigenvalue weighted by molar-refractivity contribution is 7.92. The molecular formula is C24H21ClN2O5S2. The van der Waals surface area contributed by atoms with Crippen LogP contribution in [0.1, 0.15) is 9.67 Å². The summed E-state index contributed by atoms with van der Waals surface area (Å²) in [5, 5.41) is 3.82. The molecule has 0 unspecified atom stereocenters. The van der Waals surface area contributed by atoms with E-state index in [4.69, 9.17) is 21.1 Å². The summed E-state index contributed by atoms with van der Waals surface area (Å²) in [5.41, 5.74) is 1.10. The molecule has 4 rings (SSSR count). The largest absolute Gasteiger partial charge is 0.497 e. The number of carbonyl (C=O) groups excluding carboxylic acids is 1. The van der Waals surface area contributed by atoms with Gasteiger partial charge < -0.3 is 14.8 Å². The van der Waals surface area contributed by atoms with E-state index in [-0.39, 0.29) is 15.8 Å². The van der Waals surface area contributed by atoms with Crippen LogP contribution in [0.2, 0.25) is 5.02 Å². The van der Waals surface area contributed by atoms with Crippen molar-refractivity contribution in [1.82, 2.24) is 0 Å². The van der Waals surface area contributed by atoms with Gasteiger partial charge in [-0.05, 0) is 72.1 Å². The van der Waals surface area contributed by atoms with Crippen molar-refractivity contribution >= 4 is 60.3 Å². The Labute approximate surface area is 206 Å². The van der Waals surface area contributed by atoms with Crippen molar-refractivity contribution < 1.29 is 22.7 Å².